The third kappa shape index (κ3) is 6.08. The zero-order valence-corrected chi connectivity index (χ0v) is 22.6. The topological polar surface area (TPSA) is 111 Å². The van der Waals surface area contributed by atoms with Crippen LogP contribution in [0.5, 0.6) is 0 Å². The van der Waals surface area contributed by atoms with Crippen LogP contribution in [-0.2, 0) is 35.9 Å². The van der Waals surface area contributed by atoms with E-state index < -0.39 is 17.5 Å². The van der Waals surface area contributed by atoms with E-state index in [2.05, 4.69) is 11.4 Å². The molecule has 1 aliphatic heterocycles. The van der Waals surface area contributed by atoms with Crippen LogP contribution in [0.2, 0.25) is 0 Å². The Kier molecular flexibility index (Phi) is 8.53. The molecular weight excluding hydrogens is 482 g/mol. The summed E-state index contributed by atoms with van der Waals surface area (Å²) in [6.07, 6.45) is 2.16. The Morgan fingerprint density at radius 2 is 1.74 bits per heavy atom. The van der Waals surface area contributed by atoms with Crippen molar-refractivity contribution in [2.45, 2.75) is 69.6 Å². The van der Waals surface area contributed by atoms with Gasteiger partial charge in [-0.15, -0.1) is 0 Å². The molecule has 8 heteroatoms. The average molecular weight is 522 g/mol. The molecule has 0 aromatic heterocycles. The average Bonchev–Trinajstić information content (AvgIpc) is 3.22. The summed E-state index contributed by atoms with van der Waals surface area (Å²) in [6.45, 7) is 6.83. The first-order valence-electron chi connectivity index (χ1n) is 13.4. The molecular formula is C30H39N3O5. The van der Waals surface area contributed by atoms with Crippen LogP contribution in [-0.4, -0.2) is 60.6 Å². The van der Waals surface area contributed by atoms with Crippen LogP contribution in [0.4, 0.5) is 0 Å². The summed E-state index contributed by atoms with van der Waals surface area (Å²) in [4.78, 5) is 40.8. The van der Waals surface area contributed by atoms with Crippen LogP contribution in [0.25, 0.3) is 0 Å². The highest BCUT2D eigenvalue weighted by Crippen LogP contribution is 2.52. The van der Waals surface area contributed by atoms with E-state index in [1.807, 2.05) is 55.5 Å². The maximum absolute atomic E-state index is 13.6. The number of carbonyl (C=O) groups excluding carboxylic acids is 3. The first-order valence-corrected chi connectivity index (χ1v) is 13.4. The van der Waals surface area contributed by atoms with Gasteiger partial charge in [-0.25, -0.2) is 0 Å². The standard InChI is InChI=1S/C30H39N3O5/c1-4-38-27(35)23-18-30(24-13-9-8-12-22(23)24)14-16-33(17-15-30)26(34)25(32-28(36)29(2,3)31)20-37-19-21-10-6-5-7-11-21/h5-13,23,25H,4,14-20,31H2,1-3H3,(H,32,36)/t23?,25-/m1/s1. The third-order valence-electron chi connectivity index (χ3n) is 7.69. The molecule has 38 heavy (non-hydrogen) atoms. The molecule has 1 spiro atoms. The van der Waals surface area contributed by atoms with E-state index in [1.165, 1.54) is 5.56 Å². The number of rotatable bonds is 9. The number of amides is 2. The van der Waals surface area contributed by atoms with Gasteiger partial charge in [0.2, 0.25) is 11.8 Å². The maximum atomic E-state index is 13.6. The second-order valence-electron chi connectivity index (χ2n) is 11.0. The number of nitrogens with zero attached hydrogens (tertiary/aromatic N) is 1. The highest BCUT2D eigenvalue weighted by molar-refractivity contribution is 5.91. The molecule has 1 fully saturated rings. The van der Waals surface area contributed by atoms with Crippen molar-refractivity contribution in [3.05, 3.63) is 71.3 Å². The molecule has 2 aliphatic rings. The predicted octanol–water partition coefficient (Wildman–Crippen LogP) is 3.04. The summed E-state index contributed by atoms with van der Waals surface area (Å²) >= 11 is 0. The quantitative estimate of drug-likeness (QED) is 0.491. The Hall–Kier alpha value is -3.23. The number of ether oxygens (including phenoxy) is 2. The number of piperidine rings is 1. The molecule has 204 valence electrons. The van der Waals surface area contributed by atoms with Crippen LogP contribution in [0, 0.1) is 0 Å². The Balaban J connectivity index is 1.45. The molecule has 2 amide bonds. The highest BCUT2D eigenvalue weighted by Gasteiger charge is 2.48. The van der Waals surface area contributed by atoms with Gasteiger partial charge in [0.25, 0.3) is 0 Å². The maximum Gasteiger partial charge on any atom is 0.313 e. The lowest BCUT2D eigenvalue weighted by Gasteiger charge is -2.41. The fraction of sp³-hybridized carbons (Fsp3) is 0.500. The molecule has 4 rings (SSSR count). The molecule has 1 heterocycles. The Bertz CT molecular complexity index is 1140. The summed E-state index contributed by atoms with van der Waals surface area (Å²) in [6, 6.07) is 16.9. The van der Waals surface area contributed by atoms with E-state index in [1.54, 1.807) is 18.7 Å². The Labute approximate surface area is 224 Å². The summed E-state index contributed by atoms with van der Waals surface area (Å²) in [7, 11) is 0. The Morgan fingerprint density at radius 1 is 1.08 bits per heavy atom. The molecule has 3 N–H and O–H groups in total. The molecule has 1 saturated heterocycles. The van der Waals surface area contributed by atoms with Crippen LogP contribution in [0.15, 0.2) is 54.6 Å². The van der Waals surface area contributed by atoms with Crippen LogP contribution < -0.4 is 11.1 Å². The van der Waals surface area contributed by atoms with Gasteiger partial charge in [-0.2, -0.15) is 0 Å². The van der Waals surface area contributed by atoms with Gasteiger partial charge < -0.3 is 25.4 Å². The fourth-order valence-electron chi connectivity index (χ4n) is 5.58. The SMILES string of the molecule is CCOC(=O)C1CC2(CCN(C(=O)[C@@H](COCc3ccccc3)NC(=O)C(C)(C)N)CC2)c2ccccc21. The summed E-state index contributed by atoms with van der Waals surface area (Å²) in [5.41, 5.74) is 7.90. The van der Waals surface area contributed by atoms with E-state index >= 15 is 0 Å². The molecule has 2 aromatic carbocycles. The minimum Gasteiger partial charge on any atom is -0.466 e. The second kappa shape index (κ2) is 11.7. The van der Waals surface area contributed by atoms with Crippen LogP contribution >= 0.6 is 0 Å². The molecule has 1 unspecified atom stereocenters. The molecule has 2 atom stereocenters. The lowest BCUT2D eigenvalue weighted by molar-refractivity contribution is -0.145. The number of likely N-dealkylation sites (tertiary alicyclic amines) is 1. The number of benzene rings is 2. The minimum absolute atomic E-state index is 0.0466. The number of hydrogen-bond acceptors (Lipinski definition) is 6. The van der Waals surface area contributed by atoms with Crippen molar-refractivity contribution >= 4 is 17.8 Å². The number of esters is 1. The first-order chi connectivity index (χ1) is 18.1. The van der Waals surface area contributed by atoms with Gasteiger partial charge in [-0.3, -0.25) is 14.4 Å². The highest BCUT2D eigenvalue weighted by atomic mass is 16.5. The van der Waals surface area contributed by atoms with Crippen molar-refractivity contribution in [2.75, 3.05) is 26.3 Å². The monoisotopic (exact) mass is 521 g/mol. The van der Waals surface area contributed by atoms with Crippen LogP contribution in [0.3, 0.4) is 0 Å². The van der Waals surface area contributed by atoms with Crippen molar-refractivity contribution in [3.8, 4) is 0 Å². The van der Waals surface area contributed by atoms with Gasteiger partial charge in [0, 0.05) is 18.5 Å². The largest absolute Gasteiger partial charge is 0.466 e. The summed E-state index contributed by atoms with van der Waals surface area (Å²) in [5.74, 6) is -1.05. The zero-order valence-electron chi connectivity index (χ0n) is 22.6. The smallest absolute Gasteiger partial charge is 0.313 e. The molecule has 8 nitrogen and oxygen atoms in total. The lowest BCUT2D eigenvalue weighted by Crippen LogP contribution is -2.59. The van der Waals surface area contributed by atoms with Crippen molar-refractivity contribution in [1.82, 2.24) is 10.2 Å². The van der Waals surface area contributed by atoms with Gasteiger partial charge in [-0.05, 0) is 56.7 Å². The number of carbonyl (C=O) groups is 3. The fourth-order valence-corrected chi connectivity index (χ4v) is 5.58. The summed E-state index contributed by atoms with van der Waals surface area (Å²) < 4.78 is 11.2. The van der Waals surface area contributed by atoms with Crippen molar-refractivity contribution in [1.29, 1.82) is 0 Å². The number of fused-ring (bicyclic) bond motifs is 2. The second-order valence-corrected chi connectivity index (χ2v) is 11.0. The molecule has 1 aliphatic carbocycles. The zero-order chi connectivity index (χ0) is 27.3. The number of hydrogen-bond donors (Lipinski definition) is 2. The van der Waals surface area contributed by atoms with Gasteiger partial charge in [0.05, 0.1) is 31.3 Å². The van der Waals surface area contributed by atoms with Gasteiger partial charge in [-0.1, -0.05) is 54.6 Å². The predicted molar refractivity (Wildman–Crippen MR) is 144 cm³/mol. The van der Waals surface area contributed by atoms with Crippen molar-refractivity contribution in [2.24, 2.45) is 5.73 Å². The van der Waals surface area contributed by atoms with Gasteiger partial charge >= 0.3 is 5.97 Å². The van der Waals surface area contributed by atoms with Gasteiger partial charge in [0.15, 0.2) is 0 Å². The Morgan fingerprint density at radius 3 is 2.39 bits per heavy atom. The molecule has 0 bridgehead atoms. The van der Waals surface area contributed by atoms with E-state index in [0.717, 1.165) is 24.0 Å². The third-order valence-corrected chi connectivity index (χ3v) is 7.69. The number of nitrogens with two attached hydrogens (primary N) is 1. The van der Waals surface area contributed by atoms with Gasteiger partial charge in [0.1, 0.15) is 6.04 Å². The normalized spacial score (nSPS) is 19.1. The van der Waals surface area contributed by atoms with Crippen molar-refractivity contribution < 1.29 is 23.9 Å². The molecule has 0 radical (unpaired) electrons. The van der Waals surface area contributed by atoms with E-state index in [0.29, 0.717) is 32.7 Å². The summed E-state index contributed by atoms with van der Waals surface area (Å²) in [5, 5.41) is 2.81. The van der Waals surface area contributed by atoms with E-state index in [4.69, 9.17) is 15.2 Å². The van der Waals surface area contributed by atoms with E-state index in [9.17, 15) is 14.4 Å². The lowest BCUT2D eigenvalue weighted by atomic mass is 9.73. The van der Waals surface area contributed by atoms with Crippen molar-refractivity contribution in [3.63, 3.8) is 0 Å². The van der Waals surface area contributed by atoms with Crippen LogP contribution in [0.1, 0.15) is 62.6 Å². The molecule has 0 saturated carbocycles. The first kappa shape index (κ1) is 27.8. The van der Waals surface area contributed by atoms with E-state index in [-0.39, 0.29) is 29.8 Å². The molecule has 2 aromatic rings. The minimum atomic E-state index is -1.13. The number of nitrogens with one attached hydrogen (secondary N) is 1.